The Morgan fingerprint density at radius 3 is 2.89 bits per heavy atom. The van der Waals surface area contributed by atoms with Gasteiger partial charge in [-0.2, -0.15) is 0 Å². The molecule has 98 valence electrons. The Labute approximate surface area is 107 Å². The van der Waals surface area contributed by atoms with Crippen LogP contribution in [-0.4, -0.2) is 11.9 Å². The largest absolute Gasteiger partial charge is 0.328 e. The first kappa shape index (κ1) is 13.0. The highest BCUT2D eigenvalue weighted by Gasteiger charge is 2.25. The number of nitrogens with two attached hydrogens (primary N) is 1. The van der Waals surface area contributed by atoms with Crippen molar-refractivity contribution in [3.8, 4) is 0 Å². The molecule has 18 heavy (non-hydrogen) atoms. The van der Waals surface area contributed by atoms with E-state index < -0.39 is 0 Å². The quantitative estimate of drug-likeness (QED) is 0.847. The van der Waals surface area contributed by atoms with E-state index in [1.165, 1.54) is 12.1 Å². The van der Waals surface area contributed by atoms with E-state index in [9.17, 15) is 9.18 Å². The molecule has 2 unspecified atom stereocenters. The Morgan fingerprint density at radius 2 is 2.22 bits per heavy atom. The highest BCUT2D eigenvalue weighted by atomic mass is 19.1. The highest BCUT2D eigenvalue weighted by molar-refractivity contribution is 5.93. The fourth-order valence-corrected chi connectivity index (χ4v) is 2.47. The van der Waals surface area contributed by atoms with Crippen molar-refractivity contribution in [3.05, 3.63) is 29.6 Å². The summed E-state index contributed by atoms with van der Waals surface area (Å²) in [6, 6.07) is 4.51. The molecule has 0 radical (unpaired) electrons. The van der Waals surface area contributed by atoms with Gasteiger partial charge in [0.25, 0.3) is 0 Å². The van der Waals surface area contributed by atoms with E-state index >= 15 is 0 Å². The van der Waals surface area contributed by atoms with Crippen LogP contribution in [0.15, 0.2) is 18.2 Å². The second-order valence-electron chi connectivity index (χ2n) is 5.07. The van der Waals surface area contributed by atoms with Gasteiger partial charge < -0.3 is 11.1 Å². The lowest BCUT2D eigenvalue weighted by Crippen LogP contribution is -2.34. The zero-order chi connectivity index (χ0) is 13.1. The number of anilines is 1. The van der Waals surface area contributed by atoms with Gasteiger partial charge in [-0.3, -0.25) is 4.79 Å². The average Bonchev–Trinajstić information content (AvgIpc) is 2.32. The van der Waals surface area contributed by atoms with Crippen molar-refractivity contribution in [2.75, 3.05) is 5.32 Å². The summed E-state index contributed by atoms with van der Waals surface area (Å²) in [6.45, 7) is 1.78. The molecule has 2 rings (SSSR count). The van der Waals surface area contributed by atoms with Gasteiger partial charge in [-0.1, -0.05) is 6.42 Å². The molecule has 1 aliphatic carbocycles. The molecule has 1 aliphatic rings. The van der Waals surface area contributed by atoms with Crippen LogP contribution in [0.4, 0.5) is 10.1 Å². The Bertz CT molecular complexity index is 447. The maximum absolute atomic E-state index is 13.0. The van der Waals surface area contributed by atoms with E-state index in [4.69, 9.17) is 5.73 Å². The van der Waals surface area contributed by atoms with Crippen molar-refractivity contribution in [2.24, 2.45) is 11.7 Å². The number of rotatable bonds is 2. The van der Waals surface area contributed by atoms with Crippen molar-refractivity contribution in [3.63, 3.8) is 0 Å². The SMILES string of the molecule is Cc1cc(F)ccc1NC(=O)C1CCCC(N)C1. The first-order valence-corrected chi connectivity index (χ1v) is 6.39. The second-order valence-corrected chi connectivity index (χ2v) is 5.07. The average molecular weight is 250 g/mol. The van der Waals surface area contributed by atoms with E-state index in [0.29, 0.717) is 5.69 Å². The molecule has 4 heteroatoms. The minimum Gasteiger partial charge on any atom is -0.328 e. The molecule has 1 fully saturated rings. The molecule has 0 bridgehead atoms. The van der Waals surface area contributed by atoms with Crippen LogP contribution >= 0.6 is 0 Å². The summed E-state index contributed by atoms with van der Waals surface area (Å²) in [5, 5.41) is 2.87. The van der Waals surface area contributed by atoms with Gasteiger partial charge in [-0.25, -0.2) is 4.39 Å². The topological polar surface area (TPSA) is 55.1 Å². The van der Waals surface area contributed by atoms with E-state index in [-0.39, 0.29) is 23.7 Å². The van der Waals surface area contributed by atoms with Crippen LogP contribution in [0.2, 0.25) is 0 Å². The molecular formula is C14H19FN2O. The molecule has 0 saturated heterocycles. The van der Waals surface area contributed by atoms with Crippen LogP contribution in [0, 0.1) is 18.7 Å². The van der Waals surface area contributed by atoms with Crippen LogP contribution in [0.3, 0.4) is 0 Å². The molecule has 1 aromatic rings. The highest BCUT2D eigenvalue weighted by Crippen LogP contribution is 2.25. The van der Waals surface area contributed by atoms with Crippen molar-refractivity contribution < 1.29 is 9.18 Å². The molecule has 2 atom stereocenters. The standard InChI is InChI=1S/C14H19FN2O/c1-9-7-11(15)5-6-13(9)17-14(18)10-3-2-4-12(16)8-10/h5-7,10,12H,2-4,8,16H2,1H3,(H,17,18). The van der Waals surface area contributed by atoms with Gasteiger partial charge in [-0.15, -0.1) is 0 Å². The third-order valence-electron chi connectivity index (χ3n) is 3.53. The van der Waals surface area contributed by atoms with Gasteiger partial charge in [0.05, 0.1) is 0 Å². The molecular weight excluding hydrogens is 231 g/mol. The first-order chi connectivity index (χ1) is 8.56. The lowest BCUT2D eigenvalue weighted by molar-refractivity contribution is -0.120. The number of hydrogen-bond acceptors (Lipinski definition) is 2. The number of carbonyl (C=O) groups is 1. The van der Waals surface area contributed by atoms with Crippen molar-refractivity contribution in [2.45, 2.75) is 38.6 Å². The number of carbonyl (C=O) groups excluding carboxylic acids is 1. The number of halogens is 1. The third-order valence-corrected chi connectivity index (χ3v) is 3.53. The molecule has 0 spiro atoms. The molecule has 3 nitrogen and oxygen atoms in total. The smallest absolute Gasteiger partial charge is 0.227 e. The zero-order valence-corrected chi connectivity index (χ0v) is 10.6. The summed E-state index contributed by atoms with van der Waals surface area (Å²) in [5.74, 6) is -0.303. The second kappa shape index (κ2) is 5.48. The molecule has 1 saturated carbocycles. The Balaban J connectivity index is 2.02. The number of amides is 1. The third kappa shape index (κ3) is 3.07. The minimum absolute atomic E-state index is 0.000131. The number of hydrogen-bond donors (Lipinski definition) is 2. The van der Waals surface area contributed by atoms with E-state index in [2.05, 4.69) is 5.32 Å². The van der Waals surface area contributed by atoms with Crippen LogP contribution in [-0.2, 0) is 4.79 Å². The Morgan fingerprint density at radius 1 is 1.44 bits per heavy atom. The van der Waals surface area contributed by atoms with Crippen molar-refractivity contribution in [1.29, 1.82) is 0 Å². The molecule has 1 amide bonds. The lowest BCUT2D eigenvalue weighted by Gasteiger charge is -2.25. The summed E-state index contributed by atoms with van der Waals surface area (Å²) < 4.78 is 13.0. The maximum atomic E-state index is 13.0. The number of nitrogens with one attached hydrogen (secondary N) is 1. The normalized spacial score (nSPS) is 23.7. The first-order valence-electron chi connectivity index (χ1n) is 6.39. The van der Waals surface area contributed by atoms with Gasteiger partial charge in [0.15, 0.2) is 0 Å². The molecule has 0 heterocycles. The van der Waals surface area contributed by atoms with Crippen LogP contribution in [0.25, 0.3) is 0 Å². The van der Waals surface area contributed by atoms with E-state index in [1.54, 1.807) is 13.0 Å². The molecule has 1 aromatic carbocycles. The summed E-state index contributed by atoms with van der Waals surface area (Å²) in [7, 11) is 0. The van der Waals surface area contributed by atoms with E-state index in [0.717, 1.165) is 31.2 Å². The number of aryl methyl sites for hydroxylation is 1. The molecule has 0 aromatic heterocycles. The van der Waals surface area contributed by atoms with Crippen molar-refractivity contribution >= 4 is 11.6 Å². The van der Waals surface area contributed by atoms with Gasteiger partial charge in [0.2, 0.25) is 5.91 Å². The lowest BCUT2D eigenvalue weighted by atomic mass is 9.85. The van der Waals surface area contributed by atoms with E-state index in [1.807, 2.05) is 0 Å². The van der Waals surface area contributed by atoms with Crippen LogP contribution in [0.5, 0.6) is 0 Å². The van der Waals surface area contributed by atoms with Gasteiger partial charge in [0.1, 0.15) is 5.82 Å². The fourth-order valence-electron chi connectivity index (χ4n) is 2.47. The van der Waals surface area contributed by atoms with Gasteiger partial charge >= 0.3 is 0 Å². The maximum Gasteiger partial charge on any atom is 0.227 e. The summed E-state index contributed by atoms with van der Waals surface area (Å²) in [4.78, 5) is 12.1. The molecule has 3 N–H and O–H groups in total. The minimum atomic E-state index is -0.287. The predicted molar refractivity (Wildman–Crippen MR) is 69.7 cm³/mol. The predicted octanol–water partition coefficient (Wildman–Crippen LogP) is 2.59. The monoisotopic (exact) mass is 250 g/mol. The van der Waals surface area contributed by atoms with Crippen molar-refractivity contribution in [1.82, 2.24) is 0 Å². The van der Waals surface area contributed by atoms with Gasteiger partial charge in [0, 0.05) is 17.6 Å². The summed E-state index contributed by atoms with van der Waals surface area (Å²) in [5.41, 5.74) is 7.30. The van der Waals surface area contributed by atoms with Crippen LogP contribution < -0.4 is 11.1 Å². The Hall–Kier alpha value is -1.42. The van der Waals surface area contributed by atoms with Gasteiger partial charge in [-0.05, 0) is 49.9 Å². The number of benzene rings is 1. The fraction of sp³-hybridized carbons (Fsp3) is 0.500. The zero-order valence-electron chi connectivity index (χ0n) is 10.6. The summed E-state index contributed by atoms with van der Waals surface area (Å²) in [6.07, 6.45) is 3.63. The molecule has 0 aliphatic heterocycles. The Kier molecular flexibility index (Phi) is 3.97. The summed E-state index contributed by atoms with van der Waals surface area (Å²) >= 11 is 0. The van der Waals surface area contributed by atoms with Crippen LogP contribution in [0.1, 0.15) is 31.2 Å².